The van der Waals surface area contributed by atoms with E-state index >= 15 is 0 Å². The Kier molecular flexibility index (Phi) is 6.56. The number of rotatable bonds is 8. The molecular weight excluding hydrogens is 470 g/mol. The first-order valence-electron chi connectivity index (χ1n) is 12.4. The van der Waals surface area contributed by atoms with E-state index in [1.54, 1.807) is 24.3 Å². The van der Waals surface area contributed by atoms with Crippen LogP contribution in [0.3, 0.4) is 0 Å². The van der Waals surface area contributed by atoms with Crippen LogP contribution in [-0.4, -0.2) is 42.0 Å². The Morgan fingerprint density at radius 3 is 2.35 bits per heavy atom. The first-order chi connectivity index (χ1) is 17.9. The maximum Gasteiger partial charge on any atom is 0.326 e. The molecule has 8 nitrogen and oxygen atoms in total. The highest BCUT2D eigenvalue weighted by Crippen LogP contribution is 2.37. The molecule has 4 amide bonds. The fraction of sp³-hybridized carbons (Fsp3) is 0.276. The molecule has 0 radical (unpaired) electrons. The molecule has 0 aromatic heterocycles. The van der Waals surface area contributed by atoms with Crippen LogP contribution in [0.15, 0.2) is 72.8 Å². The minimum Gasteiger partial charge on any atom is -0.494 e. The van der Waals surface area contributed by atoms with Crippen molar-refractivity contribution in [1.82, 2.24) is 15.5 Å². The van der Waals surface area contributed by atoms with Gasteiger partial charge in [-0.1, -0.05) is 60.7 Å². The summed E-state index contributed by atoms with van der Waals surface area (Å²) in [5.41, 5.74) is 1.68. The lowest BCUT2D eigenvalue weighted by molar-refractivity contribution is -0.134. The van der Waals surface area contributed by atoms with Crippen molar-refractivity contribution in [2.45, 2.75) is 38.5 Å². The predicted octanol–water partition coefficient (Wildman–Crippen LogP) is 3.52. The lowest BCUT2D eigenvalue weighted by Crippen LogP contribution is -2.46. The van der Waals surface area contributed by atoms with Gasteiger partial charge in [-0.05, 0) is 37.1 Å². The maximum absolute atomic E-state index is 13.8. The Morgan fingerprint density at radius 1 is 1.08 bits per heavy atom. The van der Waals surface area contributed by atoms with Crippen LogP contribution in [0, 0.1) is 0 Å². The molecule has 3 aromatic rings. The van der Waals surface area contributed by atoms with Crippen molar-refractivity contribution in [2.24, 2.45) is 0 Å². The van der Waals surface area contributed by atoms with Crippen LogP contribution in [0.4, 0.5) is 4.79 Å². The van der Waals surface area contributed by atoms with E-state index in [0.717, 1.165) is 28.2 Å². The first kappa shape index (κ1) is 24.4. The van der Waals surface area contributed by atoms with Crippen molar-refractivity contribution in [3.8, 4) is 11.5 Å². The highest BCUT2D eigenvalue weighted by atomic mass is 16.5. The van der Waals surface area contributed by atoms with E-state index in [4.69, 9.17) is 9.47 Å². The van der Waals surface area contributed by atoms with Gasteiger partial charge in [-0.25, -0.2) is 4.79 Å². The molecule has 37 heavy (non-hydrogen) atoms. The summed E-state index contributed by atoms with van der Waals surface area (Å²) in [7, 11) is 0. The minimum absolute atomic E-state index is 0.0866. The number of ether oxygens (including phenoxy) is 2. The van der Waals surface area contributed by atoms with Gasteiger partial charge in [0.05, 0.1) is 6.61 Å². The zero-order chi connectivity index (χ0) is 26.0. The van der Waals surface area contributed by atoms with Gasteiger partial charge in [0.2, 0.25) is 5.91 Å². The van der Waals surface area contributed by atoms with E-state index in [-0.39, 0.29) is 12.6 Å². The molecule has 1 saturated heterocycles. The highest BCUT2D eigenvalue weighted by Gasteiger charge is 2.54. The number of carbonyl (C=O) groups is 3. The quantitative estimate of drug-likeness (QED) is 0.463. The molecule has 2 heterocycles. The van der Waals surface area contributed by atoms with Gasteiger partial charge in [-0.15, -0.1) is 0 Å². The molecule has 0 spiro atoms. The van der Waals surface area contributed by atoms with Gasteiger partial charge in [0.1, 0.15) is 24.1 Å². The number of benzene rings is 3. The number of amides is 4. The molecule has 2 aliphatic heterocycles. The van der Waals surface area contributed by atoms with Crippen LogP contribution in [0.1, 0.15) is 36.1 Å². The van der Waals surface area contributed by atoms with Crippen LogP contribution < -0.4 is 20.1 Å². The van der Waals surface area contributed by atoms with E-state index in [9.17, 15) is 14.4 Å². The largest absolute Gasteiger partial charge is 0.494 e. The topological polar surface area (TPSA) is 97.0 Å². The van der Waals surface area contributed by atoms with Crippen molar-refractivity contribution in [3.05, 3.63) is 95.1 Å². The summed E-state index contributed by atoms with van der Waals surface area (Å²) in [5, 5.41) is 5.68. The van der Waals surface area contributed by atoms with Crippen LogP contribution in [0.2, 0.25) is 0 Å². The van der Waals surface area contributed by atoms with Crippen molar-refractivity contribution < 1.29 is 23.9 Å². The van der Waals surface area contributed by atoms with E-state index < -0.39 is 29.9 Å². The Balaban J connectivity index is 1.34. The number of imide groups is 1. The Labute approximate surface area is 215 Å². The summed E-state index contributed by atoms with van der Waals surface area (Å²) >= 11 is 0. The summed E-state index contributed by atoms with van der Waals surface area (Å²) in [4.78, 5) is 40.7. The monoisotopic (exact) mass is 499 g/mol. The van der Waals surface area contributed by atoms with Crippen LogP contribution >= 0.6 is 0 Å². The van der Waals surface area contributed by atoms with E-state index in [1.165, 1.54) is 0 Å². The molecule has 2 N–H and O–H groups in total. The summed E-state index contributed by atoms with van der Waals surface area (Å²) in [6, 6.07) is 21.3. The van der Waals surface area contributed by atoms with Crippen LogP contribution in [-0.2, 0) is 28.1 Å². The standard InChI is InChI=1S/C29H29N3O5/c1-3-36-24-15-20-14-19(2)37-25(20)16-21(24)17-30-26(33)18-32-27(34)29(31-28(32)35,22-10-6-4-7-11-22)23-12-8-5-9-13-23/h4-13,15-16,19H,3,14,17-18H2,1-2H3,(H,30,33)(H,31,35). The highest BCUT2D eigenvalue weighted by molar-refractivity contribution is 6.11. The number of nitrogens with zero attached hydrogens (tertiary/aromatic N) is 1. The molecule has 5 rings (SSSR count). The van der Waals surface area contributed by atoms with Gasteiger partial charge in [-0.2, -0.15) is 0 Å². The molecule has 190 valence electrons. The number of fused-ring (bicyclic) bond motifs is 1. The molecule has 8 heteroatoms. The maximum atomic E-state index is 13.8. The lowest BCUT2D eigenvalue weighted by atomic mass is 9.82. The summed E-state index contributed by atoms with van der Waals surface area (Å²) in [6.45, 7) is 4.16. The zero-order valence-corrected chi connectivity index (χ0v) is 20.8. The second kappa shape index (κ2) is 9.97. The second-order valence-corrected chi connectivity index (χ2v) is 9.21. The molecule has 1 atom stereocenters. The molecule has 0 saturated carbocycles. The van der Waals surface area contributed by atoms with Gasteiger partial charge in [0, 0.05) is 24.1 Å². The van der Waals surface area contributed by atoms with E-state index in [1.807, 2.05) is 62.4 Å². The van der Waals surface area contributed by atoms with Gasteiger partial charge in [0.15, 0.2) is 5.54 Å². The van der Waals surface area contributed by atoms with Crippen LogP contribution in [0.5, 0.6) is 11.5 Å². The molecule has 3 aromatic carbocycles. The first-order valence-corrected chi connectivity index (χ1v) is 12.4. The molecular formula is C29H29N3O5. The number of hydrogen-bond donors (Lipinski definition) is 2. The fourth-order valence-electron chi connectivity index (χ4n) is 4.96. The third kappa shape index (κ3) is 4.50. The molecule has 2 aliphatic rings. The van der Waals surface area contributed by atoms with Crippen molar-refractivity contribution in [3.63, 3.8) is 0 Å². The number of urea groups is 1. The van der Waals surface area contributed by atoms with E-state index in [0.29, 0.717) is 23.5 Å². The van der Waals surface area contributed by atoms with E-state index in [2.05, 4.69) is 10.6 Å². The number of hydrogen-bond acceptors (Lipinski definition) is 5. The van der Waals surface area contributed by atoms with Gasteiger partial charge in [0.25, 0.3) is 5.91 Å². The summed E-state index contributed by atoms with van der Waals surface area (Å²) < 4.78 is 11.6. The minimum atomic E-state index is -1.41. The normalized spacial score (nSPS) is 17.7. The lowest BCUT2D eigenvalue weighted by Gasteiger charge is -2.28. The Bertz CT molecular complexity index is 1290. The van der Waals surface area contributed by atoms with Crippen molar-refractivity contribution in [1.29, 1.82) is 0 Å². The summed E-state index contributed by atoms with van der Waals surface area (Å²) in [6.07, 6.45) is 0.891. The second-order valence-electron chi connectivity index (χ2n) is 9.21. The fourth-order valence-corrected chi connectivity index (χ4v) is 4.96. The van der Waals surface area contributed by atoms with Crippen molar-refractivity contribution >= 4 is 17.8 Å². The molecule has 1 unspecified atom stereocenters. The predicted molar refractivity (Wildman–Crippen MR) is 137 cm³/mol. The number of carbonyl (C=O) groups excluding carboxylic acids is 3. The SMILES string of the molecule is CCOc1cc2c(cc1CNC(=O)CN1C(=O)NC(c3ccccc3)(c3ccccc3)C1=O)OC(C)C2. The number of nitrogens with one attached hydrogen (secondary N) is 2. The average Bonchev–Trinajstić information content (AvgIpc) is 3.39. The molecule has 1 fully saturated rings. The average molecular weight is 500 g/mol. The Morgan fingerprint density at radius 2 is 1.73 bits per heavy atom. The third-order valence-corrected chi connectivity index (χ3v) is 6.68. The molecule has 0 bridgehead atoms. The van der Waals surface area contributed by atoms with Crippen molar-refractivity contribution in [2.75, 3.05) is 13.2 Å². The summed E-state index contributed by atoms with van der Waals surface area (Å²) in [5.74, 6) is 0.504. The third-order valence-electron chi connectivity index (χ3n) is 6.68. The van der Waals surface area contributed by atoms with Gasteiger partial charge >= 0.3 is 6.03 Å². The Hall–Kier alpha value is -4.33. The van der Waals surface area contributed by atoms with Gasteiger partial charge in [-0.3, -0.25) is 14.5 Å². The van der Waals surface area contributed by atoms with Gasteiger partial charge < -0.3 is 20.1 Å². The van der Waals surface area contributed by atoms with Crippen LogP contribution in [0.25, 0.3) is 0 Å². The smallest absolute Gasteiger partial charge is 0.326 e. The zero-order valence-electron chi connectivity index (χ0n) is 20.8. The molecule has 0 aliphatic carbocycles.